The smallest absolute Gasteiger partial charge is 0.123 e. The molecule has 1 heterocycles. The number of ether oxygens (including phenoxy) is 2. The van der Waals surface area contributed by atoms with Crippen LogP contribution in [0.15, 0.2) is 48.5 Å². The zero-order chi connectivity index (χ0) is 14.7. The summed E-state index contributed by atoms with van der Waals surface area (Å²) >= 11 is 1.79. The molecule has 1 aromatic heterocycles. The van der Waals surface area contributed by atoms with Crippen LogP contribution in [0.3, 0.4) is 0 Å². The molecule has 3 rings (SSSR count). The standard InChI is InChI=1S/C18H16O2S/c1-19-15-9-13(10-16(12-15)20-2)7-8-17-11-14-5-3-4-6-18(14)21-17/h3-12H,1-2H3/b8-7+. The van der Waals surface area contributed by atoms with Crippen molar-refractivity contribution >= 4 is 33.6 Å². The van der Waals surface area contributed by atoms with Crippen LogP contribution in [-0.4, -0.2) is 14.2 Å². The van der Waals surface area contributed by atoms with Gasteiger partial charge in [-0.2, -0.15) is 0 Å². The Labute approximate surface area is 128 Å². The van der Waals surface area contributed by atoms with Crippen molar-refractivity contribution in [1.29, 1.82) is 0 Å². The van der Waals surface area contributed by atoms with Crippen LogP contribution in [0.4, 0.5) is 0 Å². The quantitative estimate of drug-likeness (QED) is 0.667. The van der Waals surface area contributed by atoms with Gasteiger partial charge in [-0.3, -0.25) is 0 Å². The molecule has 0 aliphatic carbocycles. The lowest BCUT2D eigenvalue weighted by Gasteiger charge is -2.05. The first-order valence-corrected chi connectivity index (χ1v) is 7.50. The second kappa shape index (κ2) is 6.02. The molecular formula is C18H16O2S. The van der Waals surface area contributed by atoms with Gasteiger partial charge in [-0.15, -0.1) is 11.3 Å². The van der Waals surface area contributed by atoms with Crippen LogP contribution in [0.1, 0.15) is 10.4 Å². The van der Waals surface area contributed by atoms with Crippen molar-refractivity contribution in [1.82, 2.24) is 0 Å². The minimum absolute atomic E-state index is 0.797. The number of methoxy groups -OCH3 is 2. The molecule has 0 N–H and O–H groups in total. The van der Waals surface area contributed by atoms with Gasteiger partial charge in [-0.25, -0.2) is 0 Å². The van der Waals surface area contributed by atoms with Gasteiger partial charge in [0.25, 0.3) is 0 Å². The lowest BCUT2D eigenvalue weighted by atomic mass is 10.1. The molecule has 0 fully saturated rings. The van der Waals surface area contributed by atoms with E-state index in [-0.39, 0.29) is 0 Å². The molecule has 0 atom stereocenters. The highest BCUT2D eigenvalue weighted by Crippen LogP contribution is 2.28. The summed E-state index contributed by atoms with van der Waals surface area (Å²) in [5.41, 5.74) is 1.06. The summed E-state index contributed by atoms with van der Waals surface area (Å²) < 4.78 is 11.9. The highest BCUT2D eigenvalue weighted by molar-refractivity contribution is 7.19. The second-order valence-electron chi connectivity index (χ2n) is 4.67. The summed E-state index contributed by atoms with van der Waals surface area (Å²) in [5.74, 6) is 1.59. The van der Waals surface area contributed by atoms with Crippen molar-refractivity contribution in [3.05, 3.63) is 59.0 Å². The fourth-order valence-electron chi connectivity index (χ4n) is 2.19. The van der Waals surface area contributed by atoms with Crippen LogP contribution in [-0.2, 0) is 0 Å². The summed E-state index contributed by atoms with van der Waals surface area (Å²) in [4.78, 5) is 1.23. The molecule has 0 aliphatic heterocycles. The molecule has 3 aromatic rings. The Hall–Kier alpha value is -2.26. The maximum absolute atomic E-state index is 5.29. The molecule has 0 aliphatic rings. The van der Waals surface area contributed by atoms with Crippen molar-refractivity contribution < 1.29 is 9.47 Å². The van der Waals surface area contributed by atoms with Crippen molar-refractivity contribution in [2.75, 3.05) is 14.2 Å². The van der Waals surface area contributed by atoms with Crippen LogP contribution >= 0.6 is 11.3 Å². The molecule has 0 spiro atoms. The van der Waals surface area contributed by atoms with E-state index >= 15 is 0 Å². The third-order valence-electron chi connectivity index (χ3n) is 3.26. The number of hydrogen-bond acceptors (Lipinski definition) is 3. The van der Waals surface area contributed by atoms with E-state index in [2.05, 4.69) is 42.5 Å². The Morgan fingerprint density at radius 2 is 1.57 bits per heavy atom. The van der Waals surface area contributed by atoms with E-state index in [1.165, 1.54) is 15.0 Å². The monoisotopic (exact) mass is 296 g/mol. The Morgan fingerprint density at radius 3 is 2.24 bits per heavy atom. The van der Waals surface area contributed by atoms with E-state index in [9.17, 15) is 0 Å². The maximum atomic E-state index is 5.29. The molecule has 3 heteroatoms. The molecule has 0 amide bonds. The highest BCUT2D eigenvalue weighted by atomic mass is 32.1. The SMILES string of the molecule is COc1cc(/C=C/c2cc3ccccc3s2)cc(OC)c1. The molecule has 21 heavy (non-hydrogen) atoms. The molecule has 106 valence electrons. The summed E-state index contributed by atoms with van der Waals surface area (Å²) in [7, 11) is 3.32. The largest absolute Gasteiger partial charge is 0.497 e. The average molecular weight is 296 g/mol. The van der Waals surface area contributed by atoms with Gasteiger partial charge in [-0.05, 0) is 41.3 Å². The van der Waals surface area contributed by atoms with E-state index in [1.807, 2.05) is 18.2 Å². The first kappa shape index (κ1) is 13.7. The van der Waals surface area contributed by atoms with Gasteiger partial charge in [0.2, 0.25) is 0 Å². The van der Waals surface area contributed by atoms with E-state index < -0.39 is 0 Å². The first-order valence-electron chi connectivity index (χ1n) is 6.68. The lowest BCUT2D eigenvalue weighted by molar-refractivity contribution is 0.394. The molecule has 0 bridgehead atoms. The summed E-state index contributed by atoms with van der Waals surface area (Å²) in [6, 6.07) is 16.5. The third kappa shape index (κ3) is 3.09. The second-order valence-corrected chi connectivity index (χ2v) is 5.78. The normalized spacial score (nSPS) is 11.1. The predicted molar refractivity (Wildman–Crippen MR) is 90.3 cm³/mol. The van der Waals surface area contributed by atoms with Gasteiger partial charge in [0.05, 0.1) is 14.2 Å². The summed E-state index contributed by atoms with van der Waals surface area (Å²) in [6.45, 7) is 0. The lowest BCUT2D eigenvalue weighted by Crippen LogP contribution is -1.87. The molecule has 0 radical (unpaired) electrons. The molecule has 2 nitrogen and oxygen atoms in total. The summed E-state index contributed by atoms with van der Waals surface area (Å²) in [6.07, 6.45) is 4.20. The van der Waals surface area contributed by atoms with Crippen LogP contribution in [0.2, 0.25) is 0 Å². The van der Waals surface area contributed by atoms with E-state index in [4.69, 9.17) is 9.47 Å². The van der Waals surface area contributed by atoms with Crippen LogP contribution in [0, 0.1) is 0 Å². The average Bonchev–Trinajstić information content (AvgIpc) is 2.95. The Balaban J connectivity index is 1.91. The third-order valence-corrected chi connectivity index (χ3v) is 4.34. The molecular weight excluding hydrogens is 280 g/mol. The number of thiophene rings is 1. The fraction of sp³-hybridized carbons (Fsp3) is 0.111. The zero-order valence-electron chi connectivity index (χ0n) is 12.0. The predicted octanol–water partition coefficient (Wildman–Crippen LogP) is 5.09. The van der Waals surface area contributed by atoms with Crippen molar-refractivity contribution in [3.63, 3.8) is 0 Å². The zero-order valence-corrected chi connectivity index (χ0v) is 12.8. The van der Waals surface area contributed by atoms with Gasteiger partial charge in [0.1, 0.15) is 11.5 Å². The van der Waals surface area contributed by atoms with E-state index in [0.29, 0.717) is 0 Å². The van der Waals surface area contributed by atoms with Crippen molar-refractivity contribution in [3.8, 4) is 11.5 Å². The van der Waals surface area contributed by atoms with Gasteiger partial charge in [0, 0.05) is 15.6 Å². The van der Waals surface area contributed by atoms with Crippen LogP contribution in [0.5, 0.6) is 11.5 Å². The molecule has 0 unspecified atom stereocenters. The van der Waals surface area contributed by atoms with Gasteiger partial charge >= 0.3 is 0 Å². The van der Waals surface area contributed by atoms with E-state index in [1.54, 1.807) is 25.6 Å². The van der Waals surface area contributed by atoms with Gasteiger partial charge in [0.15, 0.2) is 0 Å². The highest BCUT2D eigenvalue weighted by Gasteiger charge is 2.01. The number of benzene rings is 2. The minimum atomic E-state index is 0.797. The minimum Gasteiger partial charge on any atom is -0.497 e. The topological polar surface area (TPSA) is 18.5 Å². The Morgan fingerprint density at radius 1 is 0.857 bits per heavy atom. The number of fused-ring (bicyclic) bond motifs is 1. The Bertz CT molecular complexity index is 732. The van der Waals surface area contributed by atoms with Crippen molar-refractivity contribution in [2.45, 2.75) is 0 Å². The number of rotatable bonds is 4. The van der Waals surface area contributed by atoms with Crippen LogP contribution in [0.25, 0.3) is 22.2 Å². The molecule has 0 saturated carbocycles. The summed E-state index contributed by atoms with van der Waals surface area (Å²) in [5, 5.41) is 1.28. The van der Waals surface area contributed by atoms with Crippen LogP contribution < -0.4 is 9.47 Å². The van der Waals surface area contributed by atoms with Gasteiger partial charge < -0.3 is 9.47 Å². The van der Waals surface area contributed by atoms with Crippen molar-refractivity contribution in [2.24, 2.45) is 0 Å². The molecule has 0 saturated heterocycles. The Kier molecular flexibility index (Phi) is 3.93. The first-order chi connectivity index (χ1) is 10.3. The molecule has 2 aromatic carbocycles. The fourth-order valence-corrected chi connectivity index (χ4v) is 3.16. The maximum Gasteiger partial charge on any atom is 0.123 e. The van der Waals surface area contributed by atoms with E-state index in [0.717, 1.165) is 17.1 Å². The van der Waals surface area contributed by atoms with Gasteiger partial charge in [-0.1, -0.05) is 24.3 Å². The number of hydrogen-bond donors (Lipinski definition) is 0.